The number of amides is 1. The van der Waals surface area contributed by atoms with Gasteiger partial charge in [0.05, 0.1) is 0 Å². The minimum atomic E-state index is -0.848. The molecule has 1 amide bonds. The van der Waals surface area contributed by atoms with E-state index in [2.05, 4.69) is 11.9 Å². The Kier molecular flexibility index (Phi) is 4.97. The summed E-state index contributed by atoms with van der Waals surface area (Å²) >= 11 is 1.26. The molecule has 0 spiro atoms. The van der Waals surface area contributed by atoms with Crippen molar-refractivity contribution in [2.24, 2.45) is 0 Å². The monoisotopic (exact) mass is 265 g/mol. The zero-order valence-corrected chi connectivity index (χ0v) is 11.1. The Balaban J connectivity index is 2.66. The molecule has 96 valence electrons. The Hall–Kier alpha value is -1.75. The van der Waals surface area contributed by atoms with E-state index in [0.717, 1.165) is 4.90 Å². The van der Waals surface area contributed by atoms with Crippen LogP contribution in [0.5, 0.6) is 0 Å². The lowest BCUT2D eigenvalue weighted by molar-refractivity contribution is -0.136. The first kappa shape index (κ1) is 14.3. The maximum Gasteiger partial charge on any atom is 0.316 e. The minimum Gasteiger partial charge on any atom is -0.480 e. The van der Waals surface area contributed by atoms with Crippen molar-refractivity contribution < 1.29 is 14.7 Å². The molecular formula is C13H15NO3S. The summed E-state index contributed by atoms with van der Waals surface area (Å²) in [4.78, 5) is 22.9. The highest BCUT2D eigenvalue weighted by Gasteiger charge is 2.12. The lowest BCUT2D eigenvalue weighted by Gasteiger charge is -2.08. The second-order valence-electron chi connectivity index (χ2n) is 3.86. The van der Waals surface area contributed by atoms with Crippen molar-refractivity contribution in [2.75, 3.05) is 5.32 Å². The lowest BCUT2D eigenvalue weighted by Crippen LogP contribution is -2.12. The molecular weight excluding hydrogens is 250 g/mol. The number of hydrogen-bond donors (Lipinski definition) is 2. The van der Waals surface area contributed by atoms with Crippen molar-refractivity contribution >= 4 is 29.3 Å². The summed E-state index contributed by atoms with van der Waals surface area (Å²) in [6.07, 6.45) is 0. The van der Waals surface area contributed by atoms with Gasteiger partial charge >= 0.3 is 5.97 Å². The predicted molar refractivity (Wildman–Crippen MR) is 72.8 cm³/mol. The van der Waals surface area contributed by atoms with E-state index >= 15 is 0 Å². The van der Waals surface area contributed by atoms with E-state index in [9.17, 15) is 9.59 Å². The van der Waals surface area contributed by atoms with Gasteiger partial charge in [-0.25, -0.2) is 0 Å². The summed E-state index contributed by atoms with van der Waals surface area (Å²) in [5.41, 5.74) is 1.10. The quantitative estimate of drug-likeness (QED) is 0.634. The van der Waals surface area contributed by atoms with Crippen LogP contribution < -0.4 is 5.32 Å². The third kappa shape index (κ3) is 4.25. The van der Waals surface area contributed by atoms with E-state index in [1.165, 1.54) is 11.8 Å². The van der Waals surface area contributed by atoms with Crippen LogP contribution in [-0.2, 0) is 9.59 Å². The van der Waals surface area contributed by atoms with Gasteiger partial charge in [-0.15, -0.1) is 11.8 Å². The average Bonchev–Trinajstić information content (AvgIpc) is 2.31. The third-order valence-electron chi connectivity index (χ3n) is 2.16. The van der Waals surface area contributed by atoms with Crippen molar-refractivity contribution in [3.63, 3.8) is 0 Å². The molecule has 4 nitrogen and oxygen atoms in total. The van der Waals surface area contributed by atoms with Crippen LogP contribution in [-0.4, -0.2) is 22.2 Å². The molecule has 0 aromatic heterocycles. The molecule has 0 aliphatic carbocycles. The van der Waals surface area contributed by atoms with E-state index in [-0.39, 0.29) is 5.91 Å². The molecule has 2 N–H and O–H groups in total. The van der Waals surface area contributed by atoms with Crippen LogP contribution in [0, 0.1) is 0 Å². The summed E-state index contributed by atoms with van der Waals surface area (Å²) in [5.74, 6) is -1.08. The average molecular weight is 265 g/mol. The van der Waals surface area contributed by atoms with E-state index < -0.39 is 11.2 Å². The number of nitrogens with one attached hydrogen (secondary N) is 1. The Morgan fingerprint density at radius 2 is 1.89 bits per heavy atom. The topological polar surface area (TPSA) is 66.4 Å². The molecule has 1 atom stereocenters. The van der Waals surface area contributed by atoms with Crippen LogP contribution in [0.4, 0.5) is 5.69 Å². The molecule has 0 heterocycles. The van der Waals surface area contributed by atoms with E-state index in [4.69, 9.17) is 5.11 Å². The second-order valence-corrected chi connectivity index (χ2v) is 5.27. The van der Waals surface area contributed by atoms with Gasteiger partial charge in [-0.2, -0.15) is 0 Å². The SMILES string of the molecule is C=C(C)C(=O)Nc1ccc(SC(C)C(=O)O)cc1. The van der Waals surface area contributed by atoms with Crippen LogP contribution in [0.25, 0.3) is 0 Å². The van der Waals surface area contributed by atoms with Gasteiger partial charge in [-0.1, -0.05) is 6.58 Å². The van der Waals surface area contributed by atoms with Gasteiger partial charge in [0.25, 0.3) is 5.91 Å². The molecule has 0 radical (unpaired) electrons. The first-order chi connectivity index (χ1) is 8.40. The van der Waals surface area contributed by atoms with Crippen LogP contribution >= 0.6 is 11.8 Å². The van der Waals surface area contributed by atoms with Gasteiger partial charge in [-0.3, -0.25) is 9.59 Å². The van der Waals surface area contributed by atoms with Crippen molar-refractivity contribution in [1.82, 2.24) is 0 Å². The van der Waals surface area contributed by atoms with E-state index in [1.54, 1.807) is 38.1 Å². The number of carbonyl (C=O) groups excluding carboxylic acids is 1. The number of hydrogen-bond acceptors (Lipinski definition) is 3. The maximum absolute atomic E-state index is 11.4. The zero-order valence-electron chi connectivity index (χ0n) is 10.3. The highest BCUT2D eigenvalue weighted by molar-refractivity contribution is 8.00. The van der Waals surface area contributed by atoms with Gasteiger partial charge in [0.15, 0.2) is 0 Å². The highest BCUT2D eigenvalue weighted by atomic mass is 32.2. The third-order valence-corrected chi connectivity index (χ3v) is 3.26. The van der Waals surface area contributed by atoms with Crippen LogP contribution in [0.15, 0.2) is 41.3 Å². The van der Waals surface area contributed by atoms with Gasteiger partial charge in [0.1, 0.15) is 5.25 Å². The normalized spacial score (nSPS) is 11.7. The molecule has 0 aliphatic heterocycles. The summed E-state index contributed by atoms with van der Waals surface area (Å²) in [7, 11) is 0. The fourth-order valence-electron chi connectivity index (χ4n) is 1.11. The number of rotatable bonds is 5. The summed E-state index contributed by atoms with van der Waals surface area (Å²) < 4.78 is 0. The molecule has 1 aromatic carbocycles. The standard InChI is InChI=1S/C13H15NO3S/c1-8(2)12(15)14-10-4-6-11(7-5-10)18-9(3)13(16)17/h4-7,9H,1H2,2-3H3,(H,14,15)(H,16,17). The van der Waals surface area contributed by atoms with Gasteiger partial charge in [0, 0.05) is 16.2 Å². The highest BCUT2D eigenvalue weighted by Crippen LogP contribution is 2.24. The first-order valence-corrected chi connectivity index (χ1v) is 6.24. The molecule has 0 fully saturated rings. The molecule has 0 aliphatic rings. The van der Waals surface area contributed by atoms with Gasteiger partial charge < -0.3 is 10.4 Å². The minimum absolute atomic E-state index is 0.227. The number of thioether (sulfide) groups is 1. The largest absolute Gasteiger partial charge is 0.480 e. The second kappa shape index (κ2) is 6.26. The Morgan fingerprint density at radius 3 is 2.33 bits per heavy atom. The number of carboxylic acids is 1. The van der Waals surface area contributed by atoms with Crippen LogP contribution in [0.3, 0.4) is 0 Å². The summed E-state index contributed by atoms with van der Waals surface area (Å²) in [6.45, 7) is 6.81. The summed E-state index contributed by atoms with van der Waals surface area (Å²) in [5, 5.41) is 11.0. The number of carboxylic acid groups (broad SMARTS) is 1. The van der Waals surface area contributed by atoms with Gasteiger partial charge in [0.2, 0.25) is 0 Å². The van der Waals surface area contributed by atoms with Gasteiger partial charge in [-0.05, 0) is 38.1 Å². The Bertz CT molecular complexity index is 468. The van der Waals surface area contributed by atoms with Crippen molar-refractivity contribution in [3.8, 4) is 0 Å². The Labute approximate surface area is 110 Å². The number of aliphatic carboxylic acids is 1. The number of carbonyl (C=O) groups is 2. The maximum atomic E-state index is 11.4. The lowest BCUT2D eigenvalue weighted by atomic mass is 10.3. The predicted octanol–water partition coefficient (Wildman–Crippen LogP) is 2.77. The smallest absolute Gasteiger partial charge is 0.316 e. The molecule has 0 saturated carbocycles. The number of benzene rings is 1. The first-order valence-electron chi connectivity index (χ1n) is 5.36. The Morgan fingerprint density at radius 1 is 1.33 bits per heavy atom. The molecule has 1 unspecified atom stereocenters. The molecule has 18 heavy (non-hydrogen) atoms. The van der Waals surface area contributed by atoms with E-state index in [0.29, 0.717) is 11.3 Å². The number of anilines is 1. The fourth-order valence-corrected chi connectivity index (χ4v) is 1.91. The molecule has 0 saturated heterocycles. The van der Waals surface area contributed by atoms with Crippen LogP contribution in [0.2, 0.25) is 0 Å². The molecule has 5 heteroatoms. The van der Waals surface area contributed by atoms with Crippen LogP contribution in [0.1, 0.15) is 13.8 Å². The fraction of sp³-hybridized carbons (Fsp3) is 0.231. The molecule has 1 aromatic rings. The zero-order chi connectivity index (χ0) is 13.7. The molecule has 1 rings (SSSR count). The van der Waals surface area contributed by atoms with Crippen molar-refractivity contribution in [2.45, 2.75) is 24.0 Å². The van der Waals surface area contributed by atoms with E-state index in [1.807, 2.05) is 0 Å². The summed E-state index contributed by atoms with van der Waals surface area (Å²) in [6, 6.07) is 7.02. The van der Waals surface area contributed by atoms with Crippen molar-refractivity contribution in [1.29, 1.82) is 0 Å². The molecule has 0 bridgehead atoms. The van der Waals surface area contributed by atoms with Crippen molar-refractivity contribution in [3.05, 3.63) is 36.4 Å².